The van der Waals surface area contributed by atoms with E-state index < -0.39 is 5.60 Å². The molecule has 1 aromatic heterocycles. The zero-order valence-electron chi connectivity index (χ0n) is 16.4. The van der Waals surface area contributed by atoms with E-state index in [1.54, 1.807) is 13.8 Å². The Morgan fingerprint density at radius 2 is 1.86 bits per heavy atom. The third-order valence-corrected chi connectivity index (χ3v) is 5.43. The average molecular weight is 395 g/mol. The Hall–Kier alpha value is -2.39. The van der Waals surface area contributed by atoms with Gasteiger partial charge in [-0.15, -0.1) is 11.3 Å². The molecule has 3 rings (SSSR count). The summed E-state index contributed by atoms with van der Waals surface area (Å²) < 4.78 is 0. The van der Waals surface area contributed by atoms with Crippen LogP contribution in [-0.2, 0) is 0 Å². The number of thiophene rings is 1. The van der Waals surface area contributed by atoms with Gasteiger partial charge in [0.2, 0.25) is 0 Å². The van der Waals surface area contributed by atoms with Gasteiger partial charge in [-0.25, -0.2) is 0 Å². The maximum absolute atomic E-state index is 12.7. The van der Waals surface area contributed by atoms with E-state index in [-0.39, 0.29) is 5.91 Å². The highest BCUT2D eigenvalue weighted by Gasteiger charge is 2.22. The van der Waals surface area contributed by atoms with Crippen molar-refractivity contribution in [3.05, 3.63) is 63.9 Å². The van der Waals surface area contributed by atoms with Crippen molar-refractivity contribution < 1.29 is 9.90 Å². The van der Waals surface area contributed by atoms with Crippen molar-refractivity contribution in [2.45, 2.75) is 19.4 Å². The molecule has 0 bridgehead atoms. The summed E-state index contributed by atoms with van der Waals surface area (Å²) in [5.74, 6) is 5.79. The standard InChI is InChI=1S/C23H26N2O2S/c1-23(2,27)13-12-20-10-11-21(28-20)22(26)25-17-15-24(16-18-25)14-6-9-19-7-4-3-5-8-19/h3-11,27H,14-18H2,1-2H3. The number of benzene rings is 1. The van der Waals surface area contributed by atoms with E-state index in [9.17, 15) is 9.90 Å². The first-order valence-corrected chi connectivity index (χ1v) is 10.3. The van der Waals surface area contributed by atoms with Crippen LogP contribution in [0.4, 0.5) is 0 Å². The molecule has 1 fully saturated rings. The molecule has 146 valence electrons. The Balaban J connectivity index is 1.49. The van der Waals surface area contributed by atoms with Crippen LogP contribution in [0.15, 0.2) is 48.5 Å². The summed E-state index contributed by atoms with van der Waals surface area (Å²) in [6.07, 6.45) is 4.32. The van der Waals surface area contributed by atoms with Crippen LogP contribution >= 0.6 is 11.3 Å². The van der Waals surface area contributed by atoms with E-state index in [0.717, 1.165) is 37.6 Å². The minimum atomic E-state index is -1.03. The van der Waals surface area contributed by atoms with Crippen LogP contribution in [0.2, 0.25) is 0 Å². The van der Waals surface area contributed by atoms with Crippen LogP contribution in [0, 0.1) is 11.8 Å². The van der Waals surface area contributed by atoms with Crippen molar-refractivity contribution in [3.8, 4) is 11.8 Å². The largest absolute Gasteiger partial charge is 0.378 e. The quantitative estimate of drug-likeness (QED) is 0.809. The van der Waals surface area contributed by atoms with Gasteiger partial charge in [-0.2, -0.15) is 0 Å². The van der Waals surface area contributed by atoms with E-state index >= 15 is 0 Å². The van der Waals surface area contributed by atoms with Crippen LogP contribution in [0.3, 0.4) is 0 Å². The molecule has 0 unspecified atom stereocenters. The maximum Gasteiger partial charge on any atom is 0.264 e. The molecule has 0 spiro atoms. The first-order chi connectivity index (χ1) is 13.4. The van der Waals surface area contributed by atoms with Crippen LogP contribution in [0.1, 0.15) is 34.0 Å². The topological polar surface area (TPSA) is 43.8 Å². The second-order valence-electron chi connectivity index (χ2n) is 7.38. The second-order valence-corrected chi connectivity index (χ2v) is 8.46. The molecule has 2 heterocycles. The van der Waals surface area contributed by atoms with Gasteiger partial charge < -0.3 is 10.0 Å². The molecule has 28 heavy (non-hydrogen) atoms. The molecule has 1 saturated heterocycles. The zero-order valence-corrected chi connectivity index (χ0v) is 17.2. The molecule has 1 aliphatic heterocycles. The highest BCUT2D eigenvalue weighted by Crippen LogP contribution is 2.19. The summed E-state index contributed by atoms with van der Waals surface area (Å²) >= 11 is 1.39. The van der Waals surface area contributed by atoms with E-state index in [4.69, 9.17) is 0 Å². The van der Waals surface area contributed by atoms with E-state index in [1.165, 1.54) is 16.9 Å². The zero-order chi connectivity index (χ0) is 20.0. The second kappa shape index (κ2) is 9.20. The summed E-state index contributed by atoms with van der Waals surface area (Å²) in [4.78, 5) is 18.5. The van der Waals surface area contributed by atoms with E-state index in [2.05, 4.69) is 41.0 Å². The van der Waals surface area contributed by atoms with Gasteiger partial charge in [-0.1, -0.05) is 54.3 Å². The number of amides is 1. The molecule has 1 aliphatic rings. The number of piperazine rings is 1. The molecular formula is C23H26N2O2S. The van der Waals surface area contributed by atoms with Gasteiger partial charge in [-0.05, 0) is 31.5 Å². The first-order valence-electron chi connectivity index (χ1n) is 9.49. The minimum absolute atomic E-state index is 0.0702. The van der Waals surface area contributed by atoms with Crippen molar-refractivity contribution in [1.29, 1.82) is 0 Å². The summed E-state index contributed by atoms with van der Waals surface area (Å²) in [5, 5.41) is 9.70. The normalized spacial score (nSPS) is 15.5. The van der Waals surface area contributed by atoms with Crippen LogP contribution in [0.25, 0.3) is 6.08 Å². The number of carbonyl (C=O) groups excluding carboxylic acids is 1. The van der Waals surface area contributed by atoms with Gasteiger partial charge in [-0.3, -0.25) is 9.69 Å². The molecule has 0 atom stereocenters. The van der Waals surface area contributed by atoms with Crippen molar-refractivity contribution in [2.75, 3.05) is 32.7 Å². The van der Waals surface area contributed by atoms with E-state index in [1.807, 2.05) is 35.2 Å². The van der Waals surface area contributed by atoms with Gasteiger partial charge in [0.15, 0.2) is 0 Å². The Morgan fingerprint density at radius 3 is 2.54 bits per heavy atom. The molecule has 1 N–H and O–H groups in total. The number of hydrogen-bond acceptors (Lipinski definition) is 4. The van der Waals surface area contributed by atoms with Gasteiger partial charge in [0.1, 0.15) is 5.60 Å². The van der Waals surface area contributed by atoms with Gasteiger partial charge >= 0.3 is 0 Å². The molecular weight excluding hydrogens is 368 g/mol. The van der Waals surface area contributed by atoms with Crippen molar-refractivity contribution in [3.63, 3.8) is 0 Å². The lowest BCUT2D eigenvalue weighted by molar-refractivity contribution is 0.0655. The van der Waals surface area contributed by atoms with Crippen molar-refractivity contribution >= 4 is 23.3 Å². The Kier molecular flexibility index (Phi) is 6.69. The van der Waals surface area contributed by atoms with Crippen LogP contribution in [0.5, 0.6) is 0 Å². The van der Waals surface area contributed by atoms with Crippen LogP contribution < -0.4 is 0 Å². The fraction of sp³-hybridized carbons (Fsp3) is 0.348. The van der Waals surface area contributed by atoms with E-state index in [0.29, 0.717) is 4.88 Å². The Labute approximate surface area is 171 Å². The number of carbonyl (C=O) groups is 1. The first kappa shape index (κ1) is 20.3. The molecule has 0 aliphatic carbocycles. The lowest BCUT2D eigenvalue weighted by Gasteiger charge is -2.33. The molecule has 0 saturated carbocycles. The third-order valence-electron chi connectivity index (χ3n) is 4.44. The maximum atomic E-state index is 12.7. The number of hydrogen-bond donors (Lipinski definition) is 1. The van der Waals surface area contributed by atoms with Gasteiger partial charge in [0.05, 0.1) is 9.75 Å². The monoisotopic (exact) mass is 394 g/mol. The van der Waals surface area contributed by atoms with Gasteiger partial charge in [0, 0.05) is 32.7 Å². The lowest BCUT2D eigenvalue weighted by atomic mass is 10.1. The Morgan fingerprint density at radius 1 is 1.14 bits per heavy atom. The SMILES string of the molecule is CC(C)(O)C#Cc1ccc(C(=O)N2CCN(CC=Cc3ccccc3)CC2)s1. The minimum Gasteiger partial charge on any atom is -0.378 e. The number of aliphatic hydroxyl groups is 1. The fourth-order valence-electron chi connectivity index (χ4n) is 2.93. The molecule has 0 radical (unpaired) electrons. The predicted octanol–water partition coefficient (Wildman–Crippen LogP) is 3.34. The molecule has 4 nitrogen and oxygen atoms in total. The van der Waals surface area contributed by atoms with Gasteiger partial charge in [0.25, 0.3) is 5.91 Å². The Bertz CT molecular complexity index is 877. The molecule has 2 aromatic rings. The highest BCUT2D eigenvalue weighted by molar-refractivity contribution is 7.14. The highest BCUT2D eigenvalue weighted by atomic mass is 32.1. The lowest BCUT2D eigenvalue weighted by Crippen LogP contribution is -2.48. The molecule has 5 heteroatoms. The molecule has 1 aromatic carbocycles. The fourth-order valence-corrected chi connectivity index (χ4v) is 3.75. The molecule has 1 amide bonds. The van der Waals surface area contributed by atoms with Crippen molar-refractivity contribution in [2.24, 2.45) is 0 Å². The third kappa shape index (κ3) is 6.07. The summed E-state index contributed by atoms with van der Waals surface area (Å²) in [6.45, 7) is 7.42. The summed E-state index contributed by atoms with van der Waals surface area (Å²) in [6, 6.07) is 14.0. The average Bonchev–Trinajstić information content (AvgIpc) is 3.16. The number of nitrogens with zero attached hydrogens (tertiary/aromatic N) is 2. The summed E-state index contributed by atoms with van der Waals surface area (Å²) in [7, 11) is 0. The smallest absolute Gasteiger partial charge is 0.264 e. The predicted molar refractivity (Wildman–Crippen MR) is 115 cm³/mol. The summed E-state index contributed by atoms with van der Waals surface area (Å²) in [5.41, 5.74) is 0.178. The van der Waals surface area contributed by atoms with Crippen LogP contribution in [-0.4, -0.2) is 59.1 Å². The van der Waals surface area contributed by atoms with Crippen molar-refractivity contribution in [1.82, 2.24) is 9.80 Å². The number of rotatable bonds is 4.